The average Bonchev–Trinajstić information content (AvgIpc) is 2.93. The predicted octanol–water partition coefficient (Wildman–Crippen LogP) is 1.02. The number of benzene rings is 1. The molecule has 2 aliphatic rings. The molecular formula is C14H15N3O2. The lowest BCUT2D eigenvalue weighted by Gasteiger charge is -2.30. The molecule has 1 atom stereocenters. The molecule has 3 N–H and O–H groups in total. The summed E-state index contributed by atoms with van der Waals surface area (Å²) >= 11 is 0. The van der Waals surface area contributed by atoms with Crippen LogP contribution in [-0.2, 0) is 11.3 Å². The van der Waals surface area contributed by atoms with Crippen LogP contribution >= 0.6 is 0 Å². The third-order valence-corrected chi connectivity index (χ3v) is 2.87. The van der Waals surface area contributed by atoms with Gasteiger partial charge in [0.25, 0.3) is 5.91 Å². The molecule has 0 radical (unpaired) electrons. The number of hydrogen-bond acceptors (Lipinski definition) is 3. The van der Waals surface area contributed by atoms with E-state index in [1.54, 1.807) is 0 Å². The van der Waals surface area contributed by atoms with Crippen LogP contribution in [0.4, 0.5) is 5.69 Å². The van der Waals surface area contributed by atoms with Crippen LogP contribution in [0.15, 0.2) is 30.4 Å². The highest BCUT2D eigenvalue weighted by molar-refractivity contribution is 6.02. The number of carbonyl (C=O) groups excluding carboxylic acids is 2. The summed E-state index contributed by atoms with van der Waals surface area (Å²) in [5, 5.41) is 2.01. The number of hydrogen-bond donors (Lipinski definition) is 2. The summed E-state index contributed by atoms with van der Waals surface area (Å²) in [6, 6.07) is -4.76. The molecule has 2 heterocycles. The Labute approximate surface area is 122 Å². The molecule has 0 bridgehead atoms. The SMILES string of the molecule is [2H]c1c([2H])c(N)c2c(c1[2H])C(=O)N([C@]1([2H])C(=O)NC(=C)C([2H])([2H])C1([2H])[2H])C2. The van der Waals surface area contributed by atoms with Gasteiger partial charge in [-0.05, 0) is 24.8 Å². The van der Waals surface area contributed by atoms with Gasteiger partial charge in [0.15, 0.2) is 0 Å². The summed E-state index contributed by atoms with van der Waals surface area (Å²) in [6.07, 6.45) is -6.06. The number of nitrogen functional groups attached to an aromatic ring is 1. The lowest BCUT2D eigenvalue weighted by Crippen LogP contribution is -2.49. The maximum absolute atomic E-state index is 12.9. The first kappa shape index (κ1) is 5.77. The smallest absolute Gasteiger partial charge is 0.255 e. The van der Waals surface area contributed by atoms with Gasteiger partial charge in [-0.15, -0.1) is 0 Å². The van der Waals surface area contributed by atoms with Crippen molar-refractivity contribution in [3.63, 3.8) is 0 Å². The number of nitrogens with two attached hydrogens (primary N) is 1. The Morgan fingerprint density at radius 3 is 3.16 bits per heavy atom. The summed E-state index contributed by atoms with van der Waals surface area (Å²) in [5.41, 5.74) is 4.45. The number of carbonyl (C=O) groups is 2. The molecule has 0 unspecified atom stereocenters. The fourth-order valence-electron chi connectivity index (χ4n) is 1.95. The molecule has 1 saturated heterocycles. The first-order valence-electron chi connectivity index (χ1n) is 9.42. The standard InChI is InChI=1S/C14H15N3O2/c1-8-5-6-12(13(18)16-8)17-7-10-9(14(17)19)3-2-4-11(10)15/h2-4,12H,1,5-7,15H2,(H,16,18)/t12-/m0/s1/i2D,3D,4D,5D2,6D2,12D. The third-order valence-electron chi connectivity index (χ3n) is 2.87. The number of allylic oxidation sites excluding steroid dienone is 1. The number of rotatable bonds is 1. The molecule has 19 heavy (non-hydrogen) atoms. The number of piperidine rings is 1. The van der Waals surface area contributed by atoms with E-state index in [4.69, 9.17) is 16.7 Å². The second-order valence-corrected chi connectivity index (χ2v) is 4.06. The quantitative estimate of drug-likeness (QED) is 0.744. The van der Waals surface area contributed by atoms with Crippen LogP contribution in [0.3, 0.4) is 0 Å². The molecule has 0 aliphatic carbocycles. The molecule has 2 aliphatic heterocycles. The zero-order valence-electron chi connectivity index (χ0n) is 17.8. The van der Waals surface area contributed by atoms with Gasteiger partial charge in [-0.3, -0.25) is 9.59 Å². The van der Waals surface area contributed by atoms with Crippen molar-refractivity contribution in [2.24, 2.45) is 0 Å². The number of amides is 2. The van der Waals surface area contributed by atoms with Crippen molar-refractivity contribution in [2.45, 2.75) is 25.3 Å². The largest absolute Gasteiger partial charge is 0.398 e. The van der Waals surface area contributed by atoms with Crippen LogP contribution in [0.5, 0.6) is 0 Å². The topological polar surface area (TPSA) is 75.4 Å². The molecule has 1 aromatic rings. The summed E-state index contributed by atoms with van der Waals surface area (Å²) in [4.78, 5) is 25.8. The first-order chi connectivity index (χ1) is 12.2. The molecule has 3 rings (SSSR count). The summed E-state index contributed by atoms with van der Waals surface area (Å²) in [5.74, 6) is -2.40. The second-order valence-electron chi connectivity index (χ2n) is 4.06. The van der Waals surface area contributed by atoms with Gasteiger partial charge < -0.3 is 16.0 Å². The van der Waals surface area contributed by atoms with E-state index in [9.17, 15) is 9.59 Å². The van der Waals surface area contributed by atoms with Crippen LogP contribution in [-0.4, -0.2) is 22.7 Å². The maximum atomic E-state index is 12.9. The lowest BCUT2D eigenvalue weighted by atomic mass is 10.0. The molecule has 0 spiro atoms. The minimum Gasteiger partial charge on any atom is -0.398 e. The van der Waals surface area contributed by atoms with Gasteiger partial charge in [-0.2, -0.15) is 0 Å². The van der Waals surface area contributed by atoms with E-state index in [0.717, 1.165) is 0 Å². The van der Waals surface area contributed by atoms with Gasteiger partial charge in [0.05, 0.1) is 5.48 Å². The van der Waals surface area contributed by atoms with Crippen LogP contribution in [0.1, 0.15) is 39.6 Å². The Balaban J connectivity index is 2.22. The van der Waals surface area contributed by atoms with Gasteiger partial charge in [0.2, 0.25) is 5.91 Å². The van der Waals surface area contributed by atoms with Crippen molar-refractivity contribution in [3.8, 4) is 0 Å². The van der Waals surface area contributed by atoms with Crippen LogP contribution in [0, 0.1) is 0 Å². The molecular weight excluding hydrogens is 242 g/mol. The summed E-state index contributed by atoms with van der Waals surface area (Å²) < 4.78 is 64.0. The Bertz CT molecular complexity index is 932. The molecule has 0 saturated carbocycles. The molecule has 2 amide bonds. The Hall–Kier alpha value is -2.30. The molecule has 1 fully saturated rings. The summed E-state index contributed by atoms with van der Waals surface area (Å²) in [6.45, 7) is 2.71. The van der Waals surface area contributed by atoms with Crippen molar-refractivity contribution in [3.05, 3.63) is 41.5 Å². The zero-order chi connectivity index (χ0) is 20.7. The van der Waals surface area contributed by atoms with E-state index in [1.165, 1.54) is 0 Å². The van der Waals surface area contributed by atoms with Crippen LogP contribution in [0.2, 0.25) is 0 Å². The van der Waals surface area contributed by atoms with E-state index in [1.807, 2.05) is 5.32 Å². The molecule has 98 valence electrons. The highest BCUT2D eigenvalue weighted by atomic mass is 16.2. The molecule has 1 aromatic carbocycles. The van der Waals surface area contributed by atoms with E-state index in [-0.39, 0.29) is 11.3 Å². The zero-order valence-corrected chi connectivity index (χ0v) is 9.76. The first-order valence-corrected chi connectivity index (χ1v) is 5.42. The molecule has 5 heteroatoms. The Kier molecular flexibility index (Phi) is 1.25. The van der Waals surface area contributed by atoms with Crippen molar-refractivity contribution >= 4 is 17.5 Å². The van der Waals surface area contributed by atoms with Crippen LogP contribution < -0.4 is 11.1 Å². The minimum atomic E-state index is -3.19. The van der Waals surface area contributed by atoms with Gasteiger partial charge in [-0.1, -0.05) is 12.6 Å². The number of fused-ring (bicyclic) bond motifs is 1. The van der Waals surface area contributed by atoms with Crippen molar-refractivity contribution < 1.29 is 20.6 Å². The normalized spacial score (nSPS) is 37.7. The van der Waals surface area contributed by atoms with E-state index in [2.05, 4.69) is 6.58 Å². The maximum Gasteiger partial charge on any atom is 0.255 e. The van der Waals surface area contributed by atoms with Gasteiger partial charge >= 0.3 is 0 Å². The van der Waals surface area contributed by atoms with Crippen molar-refractivity contribution in [2.75, 3.05) is 5.73 Å². The average molecular weight is 265 g/mol. The predicted molar refractivity (Wildman–Crippen MR) is 71.0 cm³/mol. The second kappa shape index (κ2) is 4.12. The van der Waals surface area contributed by atoms with E-state index in [0.29, 0.717) is 4.90 Å². The third kappa shape index (κ3) is 1.78. The Morgan fingerprint density at radius 2 is 2.37 bits per heavy atom. The Morgan fingerprint density at radius 1 is 1.58 bits per heavy atom. The van der Waals surface area contributed by atoms with Crippen molar-refractivity contribution in [1.29, 1.82) is 0 Å². The van der Waals surface area contributed by atoms with Gasteiger partial charge in [0, 0.05) is 34.5 Å². The van der Waals surface area contributed by atoms with Gasteiger partial charge in [0.1, 0.15) is 6.02 Å². The monoisotopic (exact) mass is 265 g/mol. The minimum absolute atomic E-state index is 0.0637. The highest BCUT2D eigenvalue weighted by Crippen LogP contribution is 2.31. The number of nitrogens with one attached hydrogen (secondary N) is 1. The number of anilines is 1. The fraction of sp³-hybridized carbons (Fsp3) is 0.286. The molecule has 0 aromatic heterocycles. The summed E-state index contributed by atoms with van der Waals surface area (Å²) in [7, 11) is 0. The highest BCUT2D eigenvalue weighted by Gasteiger charge is 2.38. The lowest BCUT2D eigenvalue weighted by molar-refractivity contribution is -0.126. The van der Waals surface area contributed by atoms with E-state index < -0.39 is 66.5 Å². The number of nitrogens with zero attached hydrogens (tertiary/aromatic N) is 1. The van der Waals surface area contributed by atoms with Crippen LogP contribution in [0.25, 0.3) is 0 Å². The van der Waals surface area contributed by atoms with E-state index >= 15 is 0 Å². The fourth-order valence-corrected chi connectivity index (χ4v) is 1.95. The van der Waals surface area contributed by atoms with Gasteiger partial charge in [-0.25, -0.2) is 0 Å². The molecule has 5 nitrogen and oxygen atoms in total. The van der Waals surface area contributed by atoms with Crippen molar-refractivity contribution in [1.82, 2.24) is 10.2 Å².